The van der Waals surface area contributed by atoms with Gasteiger partial charge in [-0.2, -0.15) is 0 Å². The van der Waals surface area contributed by atoms with Crippen LogP contribution < -0.4 is 19.5 Å². The van der Waals surface area contributed by atoms with Crippen molar-refractivity contribution in [1.29, 1.82) is 0 Å². The zero-order chi connectivity index (χ0) is 19.4. The molecule has 0 aliphatic carbocycles. The molecule has 0 saturated heterocycles. The predicted octanol–water partition coefficient (Wildman–Crippen LogP) is 4.62. The van der Waals surface area contributed by atoms with E-state index in [9.17, 15) is 13.2 Å². The molecule has 2 aromatic carbocycles. The molecule has 2 aromatic rings. The summed E-state index contributed by atoms with van der Waals surface area (Å²) in [6.07, 6.45) is -3.91. The molecule has 0 fully saturated rings. The summed E-state index contributed by atoms with van der Waals surface area (Å²) in [6, 6.07) is 9.69. The van der Waals surface area contributed by atoms with E-state index in [1.807, 2.05) is 26.0 Å². The number of hydrogen-bond donors (Lipinski definition) is 1. The zero-order valence-corrected chi connectivity index (χ0v) is 15.2. The lowest BCUT2D eigenvalue weighted by Gasteiger charge is -2.29. The lowest BCUT2D eigenvalue weighted by Crippen LogP contribution is -2.30. The number of halogens is 3. The maximum atomic E-state index is 12.5. The fourth-order valence-corrected chi connectivity index (χ4v) is 3.29. The first-order valence-electron chi connectivity index (χ1n) is 8.92. The molecular formula is C20H22F3NO3. The van der Waals surface area contributed by atoms with E-state index in [2.05, 4.69) is 10.1 Å². The molecule has 0 saturated carbocycles. The van der Waals surface area contributed by atoms with Crippen molar-refractivity contribution >= 4 is 0 Å². The maximum Gasteiger partial charge on any atom is 0.573 e. The normalized spacial score (nSPS) is 16.6. The van der Waals surface area contributed by atoms with Gasteiger partial charge in [-0.1, -0.05) is 12.1 Å². The molecule has 146 valence electrons. The van der Waals surface area contributed by atoms with Crippen molar-refractivity contribution in [3.05, 3.63) is 53.1 Å². The van der Waals surface area contributed by atoms with Gasteiger partial charge in [0.25, 0.3) is 0 Å². The fraction of sp³-hybridized carbons (Fsp3) is 0.400. The largest absolute Gasteiger partial charge is 0.573 e. The Balaban J connectivity index is 1.98. The van der Waals surface area contributed by atoms with Gasteiger partial charge in [0.05, 0.1) is 19.3 Å². The predicted molar refractivity (Wildman–Crippen MR) is 95.5 cm³/mol. The van der Waals surface area contributed by atoms with Gasteiger partial charge in [0, 0.05) is 6.54 Å². The van der Waals surface area contributed by atoms with Gasteiger partial charge in [0.1, 0.15) is 5.75 Å². The number of benzene rings is 2. The second-order valence-electron chi connectivity index (χ2n) is 6.12. The number of rotatable bonds is 6. The summed E-state index contributed by atoms with van der Waals surface area (Å²) in [7, 11) is 0. The standard InChI is InChI=1S/C20H22F3NO3/c1-3-25-17-11-13-8-9-24-19(16(13)12-18(17)26-4-2)14-6-5-7-15(10-14)27-20(21,22)23/h5-7,10-12,19,24H,3-4,8-9H2,1-2H3/t19-/m0/s1. The van der Waals surface area contributed by atoms with Gasteiger partial charge in [0.15, 0.2) is 11.5 Å². The van der Waals surface area contributed by atoms with E-state index in [1.54, 1.807) is 12.1 Å². The van der Waals surface area contributed by atoms with Crippen LogP contribution in [-0.4, -0.2) is 26.1 Å². The van der Waals surface area contributed by atoms with Crippen molar-refractivity contribution in [2.24, 2.45) is 0 Å². The molecule has 1 aliphatic heterocycles. The van der Waals surface area contributed by atoms with Gasteiger partial charge in [0.2, 0.25) is 0 Å². The van der Waals surface area contributed by atoms with Crippen LogP contribution in [0.1, 0.15) is 36.6 Å². The van der Waals surface area contributed by atoms with Crippen molar-refractivity contribution in [3.8, 4) is 17.2 Å². The third-order valence-corrected chi connectivity index (χ3v) is 4.28. The first-order chi connectivity index (χ1) is 12.9. The summed E-state index contributed by atoms with van der Waals surface area (Å²) in [5.74, 6) is 1.09. The average Bonchev–Trinajstić information content (AvgIpc) is 2.61. The molecule has 0 unspecified atom stereocenters. The van der Waals surface area contributed by atoms with E-state index in [1.165, 1.54) is 12.1 Å². The van der Waals surface area contributed by atoms with Crippen LogP contribution in [0.15, 0.2) is 36.4 Å². The van der Waals surface area contributed by atoms with Gasteiger partial charge in [-0.25, -0.2) is 0 Å². The van der Waals surface area contributed by atoms with Crippen LogP contribution in [0, 0.1) is 0 Å². The first kappa shape index (κ1) is 19.4. The molecule has 1 atom stereocenters. The van der Waals surface area contributed by atoms with E-state index >= 15 is 0 Å². The number of fused-ring (bicyclic) bond motifs is 1. The molecule has 3 rings (SSSR count). The molecule has 27 heavy (non-hydrogen) atoms. The highest BCUT2D eigenvalue weighted by Gasteiger charge is 2.31. The minimum atomic E-state index is -4.72. The Kier molecular flexibility index (Phi) is 5.79. The maximum absolute atomic E-state index is 12.5. The SMILES string of the molecule is CCOc1cc2c(cc1OCC)[C@H](c1cccc(OC(F)(F)F)c1)NCC2. The summed E-state index contributed by atoms with van der Waals surface area (Å²) < 4.78 is 53.1. The molecule has 0 spiro atoms. The molecule has 1 aliphatic rings. The monoisotopic (exact) mass is 381 g/mol. The Morgan fingerprint density at radius 1 is 1.04 bits per heavy atom. The van der Waals surface area contributed by atoms with E-state index in [0.717, 1.165) is 17.5 Å². The second kappa shape index (κ2) is 8.08. The highest BCUT2D eigenvalue weighted by molar-refractivity contribution is 5.52. The van der Waals surface area contributed by atoms with Gasteiger partial charge in [-0.3, -0.25) is 0 Å². The summed E-state index contributed by atoms with van der Waals surface area (Å²) in [5.41, 5.74) is 2.76. The van der Waals surface area contributed by atoms with E-state index in [4.69, 9.17) is 9.47 Å². The zero-order valence-electron chi connectivity index (χ0n) is 15.2. The van der Waals surface area contributed by atoms with Crippen LogP contribution in [0.4, 0.5) is 13.2 Å². The van der Waals surface area contributed by atoms with Gasteiger partial charge in [-0.05, 0) is 61.2 Å². The lowest BCUT2D eigenvalue weighted by molar-refractivity contribution is -0.274. The minimum Gasteiger partial charge on any atom is -0.490 e. The summed E-state index contributed by atoms with van der Waals surface area (Å²) in [4.78, 5) is 0. The fourth-order valence-electron chi connectivity index (χ4n) is 3.29. The average molecular weight is 381 g/mol. The highest BCUT2D eigenvalue weighted by atomic mass is 19.4. The lowest BCUT2D eigenvalue weighted by atomic mass is 9.89. The number of hydrogen-bond acceptors (Lipinski definition) is 4. The summed E-state index contributed by atoms with van der Waals surface area (Å²) in [6.45, 7) is 5.53. The smallest absolute Gasteiger partial charge is 0.490 e. The number of ether oxygens (including phenoxy) is 3. The minimum absolute atomic E-state index is 0.232. The number of nitrogens with one attached hydrogen (secondary N) is 1. The van der Waals surface area contributed by atoms with Crippen molar-refractivity contribution in [2.75, 3.05) is 19.8 Å². The Morgan fingerprint density at radius 3 is 2.41 bits per heavy atom. The van der Waals surface area contributed by atoms with Crippen molar-refractivity contribution in [3.63, 3.8) is 0 Å². The Hall–Kier alpha value is -2.41. The quantitative estimate of drug-likeness (QED) is 0.793. The molecule has 1 heterocycles. The van der Waals surface area contributed by atoms with Gasteiger partial charge >= 0.3 is 6.36 Å². The van der Waals surface area contributed by atoms with Gasteiger partial charge in [-0.15, -0.1) is 13.2 Å². The third kappa shape index (κ3) is 4.66. The molecule has 0 bridgehead atoms. The topological polar surface area (TPSA) is 39.7 Å². The van der Waals surface area contributed by atoms with Crippen LogP contribution in [-0.2, 0) is 6.42 Å². The molecule has 1 N–H and O–H groups in total. The molecule has 7 heteroatoms. The van der Waals surface area contributed by atoms with E-state index < -0.39 is 6.36 Å². The van der Waals surface area contributed by atoms with Crippen LogP contribution in [0.3, 0.4) is 0 Å². The number of alkyl halides is 3. The molecule has 0 amide bonds. The Bertz CT molecular complexity index is 793. The second-order valence-corrected chi connectivity index (χ2v) is 6.12. The van der Waals surface area contributed by atoms with Crippen LogP contribution in [0.2, 0.25) is 0 Å². The molecule has 0 radical (unpaired) electrons. The molecular weight excluding hydrogens is 359 g/mol. The molecule has 0 aromatic heterocycles. The summed E-state index contributed by atoms with van der Waals surface area (Å²) in [5, 5.41) is 3.37. The van der Waals surface area contributed by atoms with E-state index in [0.29, 0.717) is 36.8 Å². The van der Waals surface area contributed by atoms with Crippen molar-refractivity contribution in [1.82, 2.24) is 5.32 Å². The van der Waals surface area contributed by atoms with Gasteiger partial charge < -0.3 is 19.5 Å². The van der Waals surface area contributed by atoms with Crippen molar-refractivity contribution in [2.45, 2.75) is 32.7 Å². The van der Waals surface area contributed by atoms with E-state index in [-0.39, 0.29) is 11.8 Å². The highest BCUT2D eigenvalue weighted by Crippen LogP contribution is 2.38. The van der Waals surface area contributed by atoms with Crippen LogP contribution in [0.25, 0.3) is 0 Å². The Morgan fingerprint density at radius 2 is 1.74 bits per heavy atom. The van der Waals surface area contributed by atoms with Crippen LogP contribution >= 0.6 is 0 Å². The molecule has 4 nitrogen and oxygen atoms in total. The summed E-state index contributed by atoms with van der Waals surface area (Å²) >= 11 is 0. The Labute approximate surface area is 156 Å². The van der Waals surface area contributed by atoms with Crippen LogP contribution in [0.5, 0.6) is 17.2 Å². The third-order valence-electron chi connectivity index (χ3n) is 4.28. The van der Waals surface area contributed by atoms with Crippen molar-refractivity contribution < 1.29 is 27.4 Å². The first-order valence-corrected chi connectivity index (χ1v) is 8.92.